The average Bonchev–Trinajstić information content (AvgIpc) is 3.30. The summed E-state index contributed by atoms with van der Waals surface area (Å²) in [6.45, 7) is 3.02. The fourth-order valence-corrected chi connectivity index (χ4v) is 2.19. The topological polar surface area (TPSA) is 64.3 Å². The third kappa shape index (κ3) is 4.53. The van der Waals surface area contributed by atoms with E-state index in [1.165, 1.54) is 12.8 Å². The highest BCUT2D eigenvalue weighted by Gasteiger charge is 2.31. The van der Waals surface area contributed by atoms with Gasteiger partial charge in [-0.2, -0.15) is 0 Å². The van der Waals surface area contributed by atoms with Crippen LogP contribution in [0.4, 0.5) is 0 Å². The van der Waals surface area contributed by atoms with Crippen LogP contribution in [0.3, 0.4) is 0 Å². The molecule has 0 heterocycles. The van der Waals surface area contributed by atoms with Crippen molar-refractivity contribution in [1.82, 2.24) is 5.32 Å². The molecule has 0 bridgehead atoms. The molecule has 1 aromatic carbocycles. The van der Waals surface area contributed by atoms with Gasteiger partial charge in [-0.3, -0.25) is 4.79 Å². The van der Waals surface area contributed by atoms with E-state index >= 15 is 0 Å². The quantitative estimate of drug-likeness (QED) is 0.762. The molecule has 0 saturated heterocycles. The first-order valence-corrected chi connectivity index (χ1v) is 7.39. The van der Waals surface area contributed by atoms with Crippen molar-refractivity contribution in [3.05, 3.63) is 30.3 Å². The lowest BCUT2D eigenvalue weighted by molar-refractivity contribution is -0.125. The van der Waals surface area contributed by atoms with E-state index in [1.807, 2.05) is 37.3 Å². The zero-order valence-electron chi connectivity index (χ0n) is 12.0. The number of amides is 1. The Morgan fingerprint density at radius 2 is 2.10 bits per heavy atom. The maximum Gasteiger partial charge on any atom is 0.223 e. The van der Waals surface area contributed by atoms with Gasteiger partial charge in [0.1, 0.15) is 5.75 Å². The molecule has 4 nitrogen and oxygen atoms in total. The second-order valence-corrected chi connectivity index (χ2v) is 5.54. The summed E-state index contributed by atoms with van der Waals surface area (Å²) in [5.41, 5.74) is 5.70. The summed E-state index contributed by atoms with van der Waals surface area (Å²) in [6, 6.07) is 9.82. The Balaban J connectivity index is 1.68. The number of rotatable bonds is 8. The number of ether oxygens (including phenoxy) is 1. The van der Waals surface area contributed by atoms with E-state index in [0.717, 1.165) is 5.75 Å². The summed E-state index contributed by atoms with van der Waals surface area (Å²) < 4.78 is 5.61. The number of hydrogen-bond acceptors (Lipinski definition) is 3. The van der Waals surface area contributed by atoms with Crippen LogP contribution < -0.4 is 15.8 Å². The first-order valence-electron chi connectivity index (χ1n) is 7.39. The Bertz CT molecular complexity index is 418. The molecule has 2 atom stereocenters. The van der Waals surface area contributed by atoms with Gasteiger partial charge in [-0.1, -0.05) is 25.1 Å². The minimum Gasteiger partial charge on any atom is -0.494 e. The molecular weight excluding hydrogens is 252 g/mol. The van der Waals surface area contributed by atoms with Crippen LogP contribution in [0.1, 0.15) is 26.2 Å². The predicted octanol–water partition coefficient (Wildman–Crippen LogP) is 1.95. The minimum absolute atomic E-state index is 0.0495. The minimum atomic E-state index is -0.0495. The Labute approximate surface area is 120 Å². The summed E-state index contributed by atoms with van der Waals surface area (Å²) in [4.78, 5) is 12.1. The van der Waals surface area contributed by atoms with E-state index in [1.54, 1.807) is 0 Å². The van der Waals surface area contributed by atoms with Gasteiger partial charge in [0.25, 0.3) is 0 Å². The number of carbonyl (C=O) groups excluding carboxylic acids is 1. The average molecular weight is 276 g/mol. The fraction of sp³-hybridized carbons (Fsp3) is 0.562. The van der Waals surface area contributed by atoms with Crippen LogP contribution in [0.15, 0.2) is 30.3 Å². The molecule has 3 N–H and O–H groups in total. The van der Waals surface area contributed by atoms with Crippen molar-refractivity contribution in [2.45, 2.75) is 32.2 Å². The van der Waals surface area contributed by atoms with Crippen molar-refractivity contribution in [2.24, 2.45) is 17.6 Å². The molecule has 1 saturated carbocycles. The molecule has 1 amide bonds. The monoisotopic (exact) mass is 276 g/mol. The molecule has 20 heavy (non-hydrogen) atoms. The summed E-state index contributed by atoms with van der Waals surface area (Å²) >= 11 is 0. The van der Waals surface area contributed by atoms with Crippen molar-refractivity contribution in [1.29, 1.82) is 0 Å². The van der Waals surface area contributed by atoms with Gasteiger partial charge in [0.2, 0.25) is 5.91 Å². The van der Waals surface area contributed by atoms with Crippen molar-refractivity contribution >= 4 is 5.91 Å². The SMILES string of the molecule is CC(CCOc1ccccc1)C(=O)NC(CN)C1CC1. The molecule has 0 spiro atoms. The van der Waals surface area contributed by atoms with Crippen molar-refractivity contribution in [2.75, 3.05) is 13.2 Å². The number of para-hydroxylation sites is 1. The predicted molar refractivity (Wildman–Crippen MR) is 79.4 cm³/mol. The third-order valence-electron chi connectivity index (χ3n) is 3.78. The van der Waals surface area contributed by atoms with Gasteiger partial charge < -0.3 is 15.8 Å². The molecular formula is C16H24N2O2. The van der Waals surface area contributed by atoms with Crippen LogP contribution >= 0.6 is 0 Å². The first kappa shape index (κ1) is 14.9. The molecule has 0 aliphatic heterocycles. The molecule has 1 aliphatic carbocycles. The van der Waals surface area contributed by atoms with Crippen LogP contribution in [0.5, 0.6) is 5.75 Å². The van der Waals surface area contributed by atoms with Crippen molar-refractivity contribution in [3.8, 4) is 5.75 Å². The number of hydrogen-bond donors (Lipinski definition) is 2. The van der Waals surface area contributed by atoms with Crippen LogP contribution in [-0.2, 0) is 4.79 Å². The van der Waals surface area contributed by atoms with E-state index in [0.29, 0.717) is 25.5 Å². The Morgan fingerprint density at radius 3 is 2.70 bits per heavy atom. The highest BCUT2D eigenvalue weighted by atomic mass is 16.5. The molecule has 4 heteroatoms. The summed E-state index contributed by atoms with van der Waals surface area (Å²) in [7, 11) is 0. The molecule has 1 aromatic rings. The standard InChI is InChI=1S/C16H24N2O2/c1-12(9-10-20-14-5-3-2-4-6-14)16(19)18-15(11-17)13-7-8-13/h2-6,12-13,15H,7-11,17H2,1H3,(H,18,19). The number of nitrogens with one attached hydrogen (secondary N) is 1. The van der Waals surface area contributed by atoms with Gasteiger partial charge in [0.15, 0.2) is 0 Å². The van der Waals surface area contributed by atoms with E-state index in [-0.39, 0.29) is 17.9 Å². The number of nitrogens with two attached hydrogens (primary N) is 1. The van der Waals surface area contributed by atoms with Gasteiger partial charge in [-0.05, 0) is 37.3 Å². The van der Waals surface area contributed by atoms with E-state index in [2.05, 4.69) is 5.32 Å². The molecule has 1 aliphatic rings. The molecule has 1 fully saturated rings. The molecule has 0 radical (unpaired) electrons. The number of benzene rings is 1. The van der Waals surface area contributed by atoms with Gasteiger partial charge in [0.05, 0.1) is 6.61 Å². The normalized spacial score (nSPS) is 17.3. The summed E-state index contributed by atoms with van der Waals surface area (Å²) in [6.07, 6.45) is 3.09. The smallest absolute Gasteiger partial charge is 0.223 e. The maximum atomic E-state index is 12.1. The largest absolute Gasteiger partial charge is 0.494 e. The Hall–Kier alpha value is -1.55. The van der Waals surface area contributed by atoms with Crippen molar-refractivity contribution < 1.29 is 9.53 Å². The maximum absolute atomic E-state index is 12.1. The van der Waals surface area contributed by atoms with Gasteiger partial charge in [-0.15, -0.1) is 0 Å². The third-order valence-corrected chi connectivity index (χ3v) is 3.78. The van der Waals surface area contributed by atoms with E-state index in [9.17, 15) is 4.79 Å². The lowest BCUT2D eigenvalue weighted by atomic mass is 10.1. The highest BCUT2D eigenvalue weighted by molar-refractivity contribution is 5.78. The first-order chi connectivity index (χ1) is 9.70. The van der Waals surface area contributed by atoms with Gasteiger partial charge >= 0.3 is 0 Å². The lowest BCUT2D eigenvalue weighted by Crippen LogP contribution is -2.44. The second kappa shape index (κ2) is 7.29. The van der Waals surface area contributed by atoms with Crippen LogP contribution in [-0.4, -0.2) is 25.1 Å². The van der Waals surface area contributed by atoms with Crippen LogP contribution in [0.25, 0.3) is 0 Å². The zero-order valence-corrected chi connectivity index (χ0v) is 12.0. The van der Waals surface area contributed by atoms with Crippen LogP contribution in [0, 0.1) is 11.8 Å². The Kier molecular flexibility index (Phi) is 5.41. The van der Waals surface area contributed by atoms with Gasteiger partial charge in [-0.25, -0.2) is 0 Å². The van der Waals surface area contributed by atoms with E-state index in [4.69, 9.17) is 10.5 Å². The fourth-order valence-electron chi connectivity index (χ4n) is 2.19. The Morgan fingerprint density at radius 1 is 1.40 bits per heavy atom. The van der Waals surface area contributed by atoms with Crippen LogP contribution in [0.2, 0.25) is 0 Å². The molecule has 2 unspecified atom stereocenters. The zero-order chi connectivity index (χ0) is 14.4. The van der Waals surface area contributed by atoms with E-state index < -0.39 is 0 Å². The lowest BCUT2D eigenvalue weighted by Gasteiger charge is -2.19. The molecule has 0 aromatic heterocycles. The van der Waals surface area contributed by atoms with Crippen molar-refractivity contribution in [3.63, 3.8) is 0 Å². The molecule has 2 rings (SSSR count). The second-order valence-electron chi connectivity index (χ2n) is 5.54. The van der Waals surface area contributed by atoms with Gasteiger partial charge in [0, 0.05) is 18.5 Å². The highest BCUT2D eigenvalue weighted by Crippen LogP contribution is 2.32. The summed E-state index contributed by atoms with van der Waals surface area (Å²) in [5, 5.41) is 3.06. The summed E-state index contributed by atoms with van der Waals surface area (Å²) in [5.74, 6) is 1.48. The molecule has 110 valence electrons. The number of carbonyl (C=O) groups is 1.